The van der Waals surface area contributed by atoms with Crippen LogP contribution in [-0.4, -0.2) is 24.2 Å². The summed E-state index contributed by atoms with van der Waals surface area (Å²) in [7, 11) is 0. The van der Waals surface area contributed by atoms with Gasteiger partial charge in [-0.2, -0.15) is 0 Å². The fourth-order valence-corrected chi connectivity index (χ4v) is 4.83. The molecular formula is C24H21BrN2O3S. The summed E-state index contributed by atoms with van der Waals surface area (Å²) in [4.78, 5) is 26.9. The highest BCUT2D eigenvalue weighted by Crippen LogP contribution is 2.44. The summed E-state index contributed by atoms with van der Waals surface area (Å²) >= 11 is 4.95. The maximum atomic E-state index is 12.7. The summed E-state index contributed by atoms with van der Waals surface area (Å²) in [5.74, 6) is 0.990. The molecule has 1 unspecified atom stereocenters. The molecule has 1 aliphatic heterocycles. The topological polar surface area (TPSA) is 58.6 Å². The van der Waals surface area contributed by atoms with Crippen LogP contribution in [0, 0.1) is 0 Å². The van der Waals surface area contributed by atoms with Crippen molar-refractivity contribution in [3.63, 3.8) is 0 Å². The normalized spacial score (nSPS) is 15.7. The Morgan fingerprint density at radius 1 is 1.10 bits per heavy atom. The molecule has 0 radical (unpaired) electrons. The number of nitrogens with zero attached hydrogens (tertiary/aromatic N) is 1. The summed E-state index contributed by atoms with van der Waals surface area (Å²) in [5.41, 5.74) is 3.05. The van der Waals surface area contributed by atoms with Gasteiger partial charge >= 0.3 is 0 Å². The van der Waals surface area contributed by atoms with Crippen LogP contribution in [0.4, 0.5) is 11.4 Å². The Labute approximate surface area is 193 Å². The van der Waals surface area contributed by atoms with Gasteiger partial charge in [0.25, 0.3) is 5.91 Å². The summed E-state index contributed by atoms with van der Waals surface area (Å²) in [5, 5.41) is 2.76. The van der Waals surface area contributed by atoms with E-state index < -0.39 is 0 Å². The lowest BCUT2D eigenvalue weighted by atomic mass is 10.1. The smallest absolute Gasteiger partial charge is 0.255 e. The maximum Gasteiger partial charge on any atom is 0.255 e. The number of rotatable bonds is 6. The van der Waals surface area contributed by atoms with Crippen molar-refractivity contribution in [1.29, 1.82) is 0 Å². The number of amides is 2. The van der Waals surface area contributed by atoms with Gasteiger partial charge in [0.15, 0.2) is 0 Å². The Bertz CT molecular complexity index is 1090. The van der Waals surface area contributed by atoms with E-state index in [0.29, 0.717) is 29.4 Å². The molecule has 1 saturated heterocycles. The van der Waals surface area contributed by atoms with Gasteiger partial charge in [0.05, 0.1) is 18.0 Å². The number of carbonyl (C=O) groups is 2. The van der Waals surface area contributed by atoms with E-state index in [0.717, 1.165) is 15.7 Å². The Balaban J connectivity index is 1.53. The number of hydrogen-bond donors (Lipinski definition) is 1. The second kappa shape index (κ2) is 9.58. The second-order valence-electron chi connectivity index (χ2n) is 6.91. The first-order valence-electron chi connectivity index (χ1n) is 9.89. The van der Waals surface area contributed by atoms with Crippen molar-refractivity contribution < 1.29 is 14.3 Å². The van der Waals surface area contributed by atoms with Crippen LogP contribution in [0.1, 0.15) is 28.2 Å². The third-order valence-corrected chi connectivity index (χ3v) is 6.59. The average Bonchev–Trinajstić information content (AvgIpc) is 3.16. The van der Waals surface area contributed by atoms with Crippen LogP contribution in [0.2, 0.25) is 0 Å². The molecule has 0 aliphatic carbocycles. The monoisotopic (exact) mass is 496 g/mol. The Morgan fingerprint density at radius 3 is 2.52 bits per heavy atom. The van der Waals surface area contributed by atoms with E-state index in [1.807, 2.05) is 67.6 Å². The van der Waals surface area contributed by atoms with Crippen LogP contribution in [0.3, 0.4) is 0 Å². The van der Waals surface area contributed by atoms with E-state index in [1.165, 1.54) is 0 Å². The molecule has 2 amide bonds. The first-order chi connectivity index (χ1) is 15.1. The minimum atomic E-state index is -0.169. The third-order valence-electron chi connectivity index (χ3n) is 4.85. The van der Waals surface area contributed by atoms with Gasteiger partial charge in [0.1, 0.15) is 11.1 Å². The molecule has 1 atom stereocenters. The fourth-order valence-electron chi connectivity index (χ4n) is 3.40. The van der Waals surface area contributed by atoms with E-state index in [9.17, 15) is 9.59 Å². The minimum absolute atomic E-state index is 0.0507. The maximum absolute atomic E-state index is 12.7. The summed E-state index contributed by atoms with van der Waals surface area (Å²) < 4.78 is 6.66. The first kappa shape index (κ1) is 21.5. The number of benzene rings is 3. The highest BCUT2D eigenvalue weighted by atomic mass is 79.9. The second-order valence-corrected chi connectivity index (χ2v) is 8.90. The van der Waals surface area contributed by atoms with Crippen molar-refractivity contribution >= 4 is 50.9 Å². The lowest BCUT2D eigenvalue weighted by Crippen LogP contribution is -2.28. The molecule has 0 spiro atoms. The molecule has 0 bridgehead atoms. The van der Waals surface area contributed by atoms with Gasteiger partial charge < -0.3 is 10.1 Å². The van der Waals surface area contributed by atoms with E-state index in [1.54, 1.807) is 28.8 Å². The molecule has 0 aromatic heterocycles. The van der Waals surface area contributed by atoms with Gasteiger partial charge in [-0.1, -0.05) is 40.2 Å². The van der Waals surface area contributed by atoms with E-state index in [-0.39, 0.29) is 17.2 Å². The summed E-state index contributed by atoms with van der Waals surface area (Å²) in [6.45, 7) is 2.46. The summed E-state index contributed by atoms with van der Waals surface area (Å²) in [6.07, 6.45) is 0. The number of anilines is 2. The molecule has 3 aromatic rings. The summed E-state index contributed by atoms with van der Waals surface area (Å²) in [6, 6.07) is 22.4. The number of hydrogen-bond acceptors (Lipinski definition) is 4. The number of nitrogens with one attached hydrogen (secondary N) is 1. The predicted molar refractivity (Wildman–Crippen MR) is 129 cm³/mol. The predicted octanol–water partition coefficient (Wildman–Crippen LogP) is 5.88. The Hall–Kier alpha value is -2.77. The van der Waals surface area contributed by atoms with Crippen LogP contribution in [0.25, 0.3) is 0 Å². The molecular weight excluding hydrogens is 476 g/mol. The van der Waals surface area contributed by atoms with Gasteiger partial charge in [-0.25, -0.2) is 0 Å². The lowest BCUT2D eigenvalue weighted by molar-refractivity contribution is -0.115. The average molecular weight is 497 g/mol. The molecule has 31 heavy (non-hydrogen) atoms. The largest absolute Gasteiger partial charge is 0.492 e. The van der Waals surface area contributed by atoms with Gasteiger partial charge in [0, 0.05) is 15.7 Å². The highest BCUT2D eigenvalue weighted by molar-refractivity contribution is 9.10. The zero-order valence-electron chi connectivity index (χ0n) is 16.9. The number of halogens is 1. The number of carbonyl (C=O) groups excluding carboxylic acids is 2. The number of para-hydroxylation sites is 2. The van der Waals surface area contributed by atoms with Crippen LogP contribution in [0.5, 0.6) is 5.75 Å². The van der Waals surface area contributed by atoms with Crippen LogP contribution < -0.4 is 15.0 Å². The van der Waals surface area contributed by atoms with E-state index >= 15 is 0 Å². The van der Waals surface area contributed by atoms with Gasteiger partial charge in [-0.15, -0.1) is 11.8 Å². The van der Waals surface area contributed by atoms with E-state index in [4.69, 9.17) is 4.74 Å². The molecule has 4 rings (SSSR count). The molecule has 1 fully saturated rings. The number of thioether (sulfide) groups is 1. The highest BCUT2D eigenvalue weighted by Gasteiger charge is 2.35. The quantitative estimate of drug-likeness (QED) is 0.462. The van der Waals surface area contributed by atoms with Crippen molar-refractivity contribution in [1.82, 2.24) is 0 Å². The molecule has 158 valence electrons. The van der Waals surface area contributed by atoms with Crippen LogP contribution in [0.15, 0.2) is 77.3 Å². The van der Waals surface area contributed by atoms with Crippen molar-refractivity contribution in [3.8, 4) is 5.75 Å². The third kappa shape index (κ3) is 4.78. The van der Waals surface area contributed by atoms with Crippen molar-refractivity contribution in [2.45, 2.75) is 12.3 Å². The van der Waals surface area contributed by atoms with Crippen molar-refractivity contribution in [2.75, 3.05) is 22.6 Å². The molecule has 3 aromatic carbocycles. The lowest BCUT2D eigenvalue weighted by Gasteiger charge is -2.26. The Morgan fingerprint density at radius 2 is 1.81 bits per heavy atom. The van der Waals surface area contributed by atoms with Gasteiger partial charge in [-0.3, -0.25) is 14.5 Å². The molecule has 1 heterocycles. The molecule has 7 heteroatoms. The molecule has 0 saturated carbocycles. The van der Waals surface area contributed by atoms with Crippen molar-refractivity contribution in [3.05, 3.63) is 88.4 Å². The standard InChI is InChI=1S/C24H21BrN2O3S/c1-2-30-21-6-4-3-5-20(21)27-22(28)15-31-24(27)17-9-13-19(14-10-17)26-23(29)16-7-11-18(25)12-8-16/h3-14,24H,2,15H2,1H3,(H,26,29). The van der Waals surface area contributed by atoms with Gasteiger partial charge in [-0.05, 0) is 61.0 Å². The first-order valence-corrected chi connectivity index (χ1v) is 11.7. The van der Waals surface area contributed by atoms with Crippen LogP contribution in [-0.2, 0) is 4.79 Å². The molecule has 5 nitrogen and oxygen atoms in total. The Kier molecular flexibility index (Phi) is 6.63. The zero-order chi connectivity index (χ0) is 21.8. The molecule has 1 aliphatic rings. The number of ether oxygens (including phenoxy) is 1. The van der Waals surface area contributed by atoms with Gasteiger partial charge in [0.2, 0.25) is 5.91 Å². The zero-order valence-corrected chi connectivity index (χ0v) is 19.3. The minimum Gasteiger partial charge on any atom is -0.492 e. The van der Waals surface area contributed by atoms with E-state index in [2.05, 4.69) is 21.2 Å². The van der Waals surface area contributed by atoms with Crippen molar-refractivity contribution in [2.24, 2.45) is 0 Å². The molecule has 1 N–H and O–H groups in total. The SMILES string of the molecule is CCOc1ccccc1N1C(=O)CSC1c1ccc(NC(=O)c2ccc(Br)cc2)cc1. The van der Waals surface area contributed by atoms with Crippen LogP contribution >= 0.6 is 27.7 Å². The fraction of sp³-hybridized carbons (Fsp3) is 0.167.